The highest BCUT2D eigenvalue weighted by Crippen LogP contribution is 2.27. The number of aryl methyl sites for hydroxylation is 1. The fraction of sp³-hybridized carbons (Fsp3) is 0.120. The van der Waals surface area contributed by atoms with Crippen molar-refractivity contribution >= 4 is 34.2 Å². The van der Waals surface area contributed by atoms with Crippen LogP contribution in [-0.2, 0) is 16.1 Å². The van der Waals surface area contributed by atoms with Crippen molar-refractivity contribution in [1.29, 1.82) is 0 Å². The molecule has 0 aliphatic carbocycles. The van der Waals surface area contributed by atoms with Crippen LogP contribution in [-0.4, -0.2) is 21.4 Å². The molecule has 3 aromatic carbocycles. The first-order chi connectivity index (χ1) is 15.4. The van der Waals surface area contributed by atoms with E-state index in [-0.39, 0.29) is 24.1 Å². The molecule has 2 amide bonds. The van der Waals surface area contributed by atoms with Crippen molar-refractivity contribution in [2.75, 3.05) is 10.6 Å². The lowest BCUT2D eigenvalue weighted by molar-refractivity contribution is -0.117. The van der Waals surface area contributed by atoms with Crippen molar-refractivity contribution in [3.63, 3.8) is 0 Å². The molecule has 0 aliphatic heterocycles. The van der Waals surface area contributed by atoms with Gasteiger partial charge in [0.1, 0.15) is 12.2 Å². The maximum Gasteiger partial charge on any atom is 0.278 e. The number of anilines is 2. The van der Waals surface area contributed by atoms with Gasteiger partial charge in [-0.05, 0) is 43.3 Å². The number of carbonyl (C=O) groups is 2. The van der Waals surface area contributed by atoms with Gasteiger partial charge in [-0.1, -0.05) is 42.0 Å². The molecular formula is C25H22N4O3. The van der Waals surface area contributed by atoms with Crippen LogP contribution in [0.15, 0.2) is 77.6 Å². The first-order valence-corrected chi connectivity index (χ1v) is 10.2. The minimum Gasteiger partial charge on any atom is -0.326 e. The highest BCUT2D eigenvalue weighted by atomic mass is 16.2. The van der Waals surface area contributed by atoms with Gasteiger partial charge in [-0.3, -0.25) is 19.0 Å². The molecule has 1 aromatic heterocycles. The smallest absolute Gasteiger partial charge is 0.278 e. The van der Waals surface area contributed by atoms with Crippen molar-refractivity contribution in [2.24, 2.45) is 0 Å². The number of hydrogen-bond donors (Lipinski definition) is 2. The molecule has 7 nitrogen and oxygen atoms in total. The van der Waals surface area contributed by atoms with Crippen LogP contribution in [0.5, 0.6) is 0 Å². The SMILES string of the molecule is CC(=O)Nc1ccc(C)cc1-c1nc2ccccc2n(CC(=O)Nc2ccccc2)c1=O. The fourth-order valence-corrected chi connectivity index (χ4v) is 3.54. The lowest BCUT2D eigenvalue weighted by Gasteiger charge is -2.15. The maximum atomic E-state index is 13.5. The second-order valence-electron chi connectivity index (χ2n) is 7.48. The molecular weight excluding hydrogens is 404 g/mol. The van der Waals surface area contributed by atoms with E-state index in [9.17, 15) is 14.4 Å². The molecule has 2 N–H and O–H groups in total. The fourth-order valence-electron chi connectivity index (χ4n) is 3.54. The molecule has 0 saturated heterocycles. The van der Waals surface area contributed by atoms with Crippen LogP contribution < -0.4 is 16.2 Å². The third-order valence-corrected chi connectivity index (χ3v) is 4.95. The van der Waals surface area contributed by atoms with Crippen LogP contribution in [0.3, 0.4) is 0 Å². The molecule has 4 rings (SSSR count). The maximum absolute atomic E-state index is 13.5. The van der Waals surface area contributed by atoms with Crippen LogP contribution in [0.25, 0.3) is 22.3 Å². The highest BCUT2D eigenvalue weighted by molar-refractivity contribution is 5.95. The zero-order valence-electron chi connectivity index (χ0n) is 17.8. The normalized spacial score (nSPS) is 10.7. The molecule has 32 heavy (non-hydrogen) atoms. The van der Waals surface area contributed by atoms with Crippen LogP contribution in [0, 0.1) is 6.92 Å². The summed E-state index contributed by atoms with van der Waals surface area (Å²) in [5, 5.41) is 5.57. The molecule has 0 unspecified atom stereocenters. The standard InChI is InChI=1S/C25H22N4O3/c1-16-12-13-20(26-17(2)30)19(14-16)24-25(32)29(22-11-7-6-10-21(22)28-24)15-23(31)27-18-8-4-3-5-9-18/h3-14H,15H2,1-2H3,(H,26,30)(H,27,31). The van der Waals surface area contributed by atoms with Crippen LogP contribution in [0.4, 0.5) is 11.4 Å². The van der Waals surface area contributed by atoms with E-state index < -0.39 is 5.56 Å². The third kappa shape index (κ3) is 4.41. The van der Waals surface area contributed by atoms with Gasteiger partial charge in [-0.15, -0.1) is 0 Å². The second kappa shape index (κ2) is 8.85. The van der Waals surface area contributed by atoms with Crippen molar-refractivity contribution in [3.05, 3.63) is 88.7 Å². The topological polar surface area (TPSA) is 93.1 Å². The molecule has 0 atom stereocenters. The molecule has 1 heterocycles. The summed E-state index contributed by atoms with van der Waals surface area (Å²) < 4.78 is 1.41. The van der Waals surface area contributed by atoms with Gasteiger partial charge in [0.15, 0.2) is 0 Å². The van der Waals surface area contributed by atoms with E-state index >= 15 is 0 Å². The first kappa shape index (κ1) is 21.0. The summed E-state index contributed by atoms with van der Waals surface area (Å²) in [6.45, 7) is 3.13. The molecule has 0 bridgehead atoms. The number of nitrogens with one attached hydrogen (secondary N) is 2. The molecule has 0 fully saturated rings. The Bertz CT molecular complexity index is 1380. The zero-order valence-corrected chi connectivity index (χ0v) is 17.8. The number of nitrogens with zero attached hydrogens (tertiary/aromatic N) is 2. The Morgan fingerprint density at radius 1 is 0.938 bits per heavy atom. The Labute approximate surface area is 184 Å². The average molecular weight is 426 g/mol. The summed E-state index contributed by atoms with van der Waals surface area (Å²) in [4.78, 5) is 42.6. The molecule has 0 aliphatic rings. The number of carbonyl (C=O) groups excluding carboxylic acids is 2. The molecule has 7 heteroatoms. The van der Waals surface area contributed by atoms with Crippen LogP contribution in [0.2, 0.25) is 0 Å². The van der Waals surface area contributed by atoms with Crippen molar-refractivity contribution in [1.82, 2.24) is 9.55 Å². The van der Waals surface area contributed by atoms with E-state index in [4.69, 9.17) is 0 Å². The van der Waals surface area contributed by atoms with Gasteiger partial charge in [0.05, 0.1) is 16.7 Å². The van der Waals surface area contributed by atoms with E-state index in [0.717, 1.165) is 5.56 Å². The van der Waals surface area contributed by atoms with Gasteiger partial charge < -0.3 is 10.6 Å². The summed E-state index contributed by atoms with van der Waals surface area (Å²) in [6.07, 6.45) is 0. The second-order valence-corrected chi connectivity index (χ2v) is 7.48. The molecule has 0 radical (unpaired) electrons. The Hall–Kier alpha value is -4.26. The summed E-state index contributed by atoms with van der Waals surface area (Å²) in [5.74, 6) is -0.578. The van der Waals surface area contributed by atoms with Crippen molar-refractivity contribution < 1.29 is 9.59 Å². The zero-order chi connectivity index (χ0) is 22.7. The summed E-state index contributed by atoms with van der Waals surface area (Å²) >= 11 is 0. The number of amides is 2. The van der Waals surface area contributed by atoms with E-state index in [0.29, 0.717) is 28.0 Å². The number of rotatable bonds is 5. The largest absolute Gasteiger partial charge is 0.326 e. The lowest BCUT2D eigenvalue weighted by atomic mass is 10.1. The van der Waals surface area contributed by atoms with Gasteiger partial charge in [-0.25, -0.2) is 4.98 Å². The van der Waals surface area contributed by atoms with Gasteiger partial charge >= 0.3 is 0 Å². The Kier molecular flexibility index (Phi) is 5.81. The highest BCUT2D eigenvalue weighted by Gasteiger charge is 2.18. The number of hydrogen-bond acceptors (Lipinski definition) is 4. The minimum atomic E-state index is -0.413. The van der Waals surface area contributed by atoms with Crippen molar-refractivity contribution in [2.45, 2.75) is 20.4 Å². The predicted molar refractivity (Wildman–Crippen MR) is 126 cm³/mol. The summed E-state index contributed by atoms with van der Waals surface area (Å²) in [7, 11) is 0. The van der Waals surface area contributed by atoms with E-state index in [1.54, 1.807) is 42.5 Å². The Balaban J connectivity index is 1.84. The average Bonchev–Trinajstić information content (AvgIpc) is 2.77. The van der Waals surface area contributed by atoms with Crippen LogP contribution >= 0.6 is 0 Å². The number of para-hydroxylation sites is 3. The van der Waals surface area contributed by atoms with E-state index in [2.05, 4.69) is 15.6 Å². The number of fused-ring (bicyclic) bond motifs is 1. The number of benzene rings is 3. The molecule has 0 spiro atoms. The predicted octanol–water partition coefficient (Wildman–Crippen LogP) is 3.97. The molecule has 160 valence electrons. The van der Waals surface area contributed by atoms with Gasteiger partial charge in [0.2, 0.25) is 11.8 Å². The quantitative estimate of drug-likeness (QED) is 0.505. The number of aromatic nitrogens is 2. The lowest BCUT2D eigenvalue weighted by Crippen LogP contribution is -2.30. The third-order valence-electron chi connectivity index (χ3n) is 4.95. The Morgan fingerprint density at radius 2 is 1.66 bits per heavy atom. The summed E-state index contributed by atoms with van der Waals surface area (Å²) in [5.41, 5.74) is 3.44. The Morgan fingerprint density at radius 3 is 2.41 bits per heavy atom. The van der Waals surface area contributed by atoms with Crippen molar-refractivity contribution in [3.8, 4) is 11.3 Å². The monoisotopic (exact) mass is 426 g/mol. The van der Waals surface area contributed by atoms with Gasteiger partial charge in [0, 0.05) is 18.2 Å². The minimum absolute atomic E-state index is 0.170. The van der Waals surface area contributed by atoms with Gasteiger partial charge in [-0.2, -0.15) is 0 Å². The van der Waals surface area contributed by atoms with Gasteiger partial charge in [0.25, 0.3) is 5.56 Å². The van der Waals surface area contributed by atoms with E-state index in [1.165, 1.54) is 11.5 Å². The molecule has 0 saturated carbocycles. The van der Waals surface area contributed by atoms with Crippen LogP contribution in [0.1, 0.15) is 12.5 Å². The summed E-state index contributed by atoms with van der Waals surface area (Å²) in [6, 6.07) is 21.6. The molecule has 4 aromatic rings. The first-order valence-electron chi connectivity index (χ1n) is 10.2. The van der Waals surface area contributed by atoms with E-state index in [1.807, 2.05) is 37.3 Å².